The third kappa shape index (κ3) is 3.03. The molecule has 2 aromatic rings. The predicted molar refractivity (Wildman–Crippen MR) is 90.5 cm³/mol. The number of hydrogen-bond donors (Lipinski definition) is 1. The van der Waals surface area contributed by atoms with Gasteiger partial charge in [-0.05, 0) is 54.0 Å². The van der Waals surface area contributed by atoms with Crippen LogP contribution in [-0.2, 0) is 5.41 Å². The zero-order valence-corrected chi connectivity index (χ0v) is 13.1. The van der Waals surface area contributed by atoms with Crippen LogP contribution in [0.1, 0.15) is 32.3 Å². The molecule has 1 saturated carbocycles. The van der Waals surface area contributed by atoms with Crippen molar-refractivity contribution in [3.63, 3.8) is 0 Å². The Morgan fingerprint density at radius 3 is 2.33 bits per heavy atom. The average Bonchev–Trinajstić information content (AvgIpc) is 3.20. The molecule has 0 radical (unpaired) electrons. The van der Waals surface area contributed by atoms with Gasteiger partial charge < -0.3 is 5.32 Å². The summed E-state index contributed by atoms with van der Waals surface area (Å²) in [6.45, 7) is 6.93. The maximum atomic E-state index is 3.56. The van der Waals surface area contributed by atoms with Crippen LogP contribution in [0.2, 0.25) is 0 Å². The van der Waals surface area contributed by atoms with Gasteiger partial charge in [-0.3, -0.25) is 0 Å². The summed E-state index contributed by atoms with van der Waals surface area (Å²) in [4.78, 5) is 0. The Morgan fingerprint density at radius 2 is 1.67 bits per heavy atom. The minimum absolute atomic E-state index is 0.385. The van der Waals surface area contributed by atoms with Gasteiger partial charge in [-0.2, -0.15) is 0 Å². The minimum Gasteiger partial charge on any atom is -0.316 e. The molecule has 110 valence electrons. The van der Waals surface area contributed by atoms with Crippen LogP contribution in [0.4, 0.5) is 0 Å². The van der Waals surface area contributed by atoms with Crippen LogP contribution in [0.3, 0.4) is 0 Å². The molecule has 1 aliphatic carbocycles. The number of hydrogen-bond acceptors (Lipinski definition) is 1. The third-order valence-corrected chi connectivity index (χ3v) is 4.88. The lowest BCUT2D eigenvalue weighted by atomic mass is 9.93. The highest BCUT2D eigenvalue weighted by atomic mass is 14.9. The third-order valence-electron chi connectivity index (χ3n) is 4.88. The molecule has 0 amide bonds. The number of benzene rings is 2. The van der Waals surface area contributed by atoms with Crippen molar-refractivity contribution in [3.8, 4) is 11.1 Å². The lowest BCUT2D eigenvalue weighted by molar-refractivity contribution is 0.575. The Hall–Kier alpha value is -1.60. The van der Waals surface area contributed by atoms with E-state index in [0.717, 1.165) is 19.0 Å². The summed E-state index contributed by atoms with van der Waals surface area (Å²) in [5, 5.41) is 3.56. The van der Waals surface area contributed by atoms with Gasteiger partial charge in [0.15, 0.2) is 0 Å². The van der Waals surface area contributed by atoms with E-state index >= 15 is 0 Å². The van der Waals surface area contributed by atoms with Gasteiger partial charge >= 0.3 is 0 Å². The van der Waals surface area contributed by atoms with Crippen LogP contribution >= 0.6 is 0 Å². The second-order valence-electron chi connectivity index (χ2n) is 6.47. The topological polar surface area (TPSA) is 12.0 Å². The monoisotopic (exact) mass is 279 g/mol. The molecular formula is C20H25N. The van der Waals surface area contributed by atoms with Crippen molar-refractivity contribution in [3.05, 3.63) is 60.2 Å². The first-order valence-corrected chi connectivity index (χ1v) is 8.10. The first-order chi connectivity index (χ1) is 10.2. The minimum atomic E-state index is 0.385. The van der Waals surface area contributed by atoms with Crippen molar-refractivity contribution in [2.75, 3.05) is 13.1 Å². The molecule has 1 aliphatic rings. The molecule has 2 atom stereocenters. The molecule has 2 unspecified atom stereocenters. The molecule has 3 rings (SSSR count). The summed E-state index contributed by atoms with van der Waals surface area (Å²) in [6, 6.07) is 19.8. The molecule has 1 nitrogen and oxygen atoms in total. The summed E-state index contributed by atoms with van der Waals surface area (Å²) in [6.07, 6.45) is 2.53. The largest absolute Gasteiger partial charge is 0.316 e. The molecule has 1 heteroatoms. The summed E-state index contributed by atoms with van der Waals surface area (Å²) >= 11 is 0. The molecule has 0 spiro atoms. The highest BCUT2D eigenvalue weighted by Crippen LogP contribution is 2.53. The fraction of sp³-hybridized carbons (Fsp3) is 0.400. The highest BCUT2D eigenvalue weighted by molar-refractivity contribution is 5.63. The zero-order valence-electron chi connectivity index (χ0n) is 13.1. The summed E-state index contributed by atoms with van der Waals surface area (Å²) in [7, 11) is 0. The Labute approximate surface area is 128 Å². The second-order valence-corrected chi connectivity index (χ2v) is 6.47. The SMILES string of the molecule is CCCNCC1CC1(C)c1ccc(-c2ccccc2)cc1. The van der Waals surface area contributed by atoms with E-state index in [0.29, 0.717) is 5.41 Å². The van der Waals surface area contributed by atoms with Crippen molar-refractivity contribution >= 4 is 0 Å². The molecule has 21 heavy (non-hydrogen) atoms. The Bertz CT molecular complexity index is 573. The van der Waals surface area contributed by atoms with E-state index in [-0.39, 0.29) is 0 Å². The van der Waals surface area contributed by atoms with Crippen molar-refractivity contribution in [2.24, 2.45) is 5.92 Å². The first-order valence-electron chi connectivity index (χ1n) is 8.10. The molecule has 0 aliphatic heterocycles. The summed E-state index contributed by atoms with van der Waals surface area (Å²) in [5.74, 6) is 0.798. The fourth-order valence-electron chi connectivity index (χ4n) is 3.23. The molecular weight excluding hydrogens is 254 g/mol. The van der Waals surface area contributed by atoms with Gasteiger partial charge in [0.1, 0.15) is 0 Å². The van der Waals surface area contributed by atoms with E-state index in [2.05, 4.69) is 73.8 Å². The van der Waals surface area contributed by atoms with Crippen molar-refractivity contribution < 1.29 is 0 Å². The van der Waals surface area contributed by atoms with Crippen LogP contribution in [-0.4, -0.2) is 13.1 Å². The Balaban J connectivity index is 1.68. The van der Waals surface area contributed by atoms with Gasteiger partial charge in [0.2, 0.25) is 0 Å². The number of rotatable bonds is 6. The molecule has 2 aromatic carbocycles. The molecule has 1 N–H and O–H groups in total. The highest BCUT2D eigenvalue weighted by Gasteiger charge is 2.50. The van der Waals surface area contributed by atoms with Crippen LogP contribution in [0, 0.1) is 5.92 Å². The predicted octanol–water partition coefficient (Wildman–Crippen LogP) is 4.63. The summed E-state index contributed by atoms with van der Waals surface area (Å²) in [5.41, 5.74) is 4.48. The molecule has 1 fully saturated rings. The Kier molecular flexibility index (Phi) is 4.12. The number of nitrogens with one attached hydrogen (secondary N) is 1. The molecule has 0 saturated heterocycles. The van der Waals surface area contributed by atoms with E-state index < -0.39 is 0 Å². The molecule has 0 bridgehead atoms. The van der Waals surface area contributed by atoms with E-state index in [1.165, 1.54) is 29.5 Å². The Morgan fingerprint density at radius 1 is 1.00 bits per heavy atom. The van der Waals surface area contributed by atoms with Crippen molar-refractivity contribution in [1.29, 1.82) is 0 Å². The quantitative estimate of drug-likeness (QED) is 0.760. The van der Waals surface area contributed by atoms with E-state index in [1.54, 1.807) is 0 Å². The van der Waals surface area contributed by atoms with Crippen LogP contribution in [0.25, 0.3) is 11.1 Å². The maximum Gasteiger partial charge on any atom is -0.00118 e. The van der Waals surface area contributed by atoms with Gasteiger partial charge in [-0.15, -0.1) is 0 Å². The standard InChI is InChI=1S/C20H25N/c1-3-13-21-15-19-14-20(19,2)18-11-9-17(10-12-18)16-7-5-4-6-8-16/h4-12,19,21H,3,13-15H2,1-2H3. The van der Waals surface area contributed by atoms with Crippen molar-refractivity contribution in [1.82, 2.24) is 5.32 Å². The summed E-state index contributed by atoms with van der Waals surface area (Å²) < 4.78 is 0. The van der Waals surface area contributed by atoms with Crippen molar-refractivity contribution in [2.45, 2.75) is 32.1 Å². The second kappa shape index (κ2) is 6.03. The molecule has 0 heterocycles. The lowest BCUT2D eigenvalue weighted by Crippen LogP contribution is -2.20. The lowest BCUT2D eigenvalue weighted by Gasteiger charge is -2.13. The fourth-order valence-corrected chi connectivity index (χ4v) is 3.23. The van der Waals surface area contributed by atoms with E-state index in [9.17, 15) is 0 Å². The van der Waals surface area contributed by atoms with Crippen LogP contribution in [0.15, 0.2) is 54.6 Å². The average molecular weight is 279 g/mol. The first kappa shape index (κ1) is 14.3. The van der Waals surface area contributed by atoms with Gasteiger partial charge in [0.25, 0.3) is 0 Å². The van der Waals surface area contributed by atoms with E-state index in [1.807, 2.05) is 0 Å². The van der Waals surface area contributed by atoms with E-state index in [4.69, 9.17) is 0 Å². The van der Waals surface area contributed by atoms with Gasteiger partial charge in [-0.25, -0.2) is 0 Å². The maximum absolute atomic E-state index is 3.56. The van der Waals surface area contributed by atoms with Gasteiger partial charge in [0.05, 0.1) is 0 Å². The van der Waals surface area contributed by atoms with Gasteiger partial charge in [-0.1, -0.05) is 68.4 Å². The smallest absolute Gasteiger partial charge is 0.00118 e. The molecule has 0 aromatic heterocycles. The van der Waals surface area contributed by atoms with Crippen LogP contribution < -0.4 is 5.32 Å². The van der Waals surface area contributed by atoms with Gasteiger partial charge in [0, 0.05) is 0 Å². The zero-order chi connectivity index (χ0) is 14.7. The normalized spacial score (nSPS) is 24.0. The van der Waals surface area contributed by atoms with Crippen LogP contribution in [0.5, 0.6) is 0 Å².